The van der Waals surface area contributed by atoms with E-state index in [0.29, 0.717) is 16.1 Å². The number of aromatic nitrogens is 3. The Morgan fingerprint density at radius 3 is 2.91 bits per heavy atom. The summed E-state index contributed by atoms with van der Waals surface area (Å²) in [6, 6.07) is 3.76. The Hall–Kier alpha value is -1.37. The first-order chi connectivity index (χ1) is 11.1. The first-order valence-electron chi connectivity index (χ1n) is 7.44. The largest absolute Gasteiger partial charge is 0.384 e. The van der Waals surface area contributed by atoms with Crippen LogP contribution in [0.15, 0.2) is 28.9 Å². The van der Waals surface area contributed by atoms with Crippen molar-refractivity contribution in [3.05, 3.63) is 40.1 Å². The summed E-state index contributed by atoms with van der Waals surface area (Å²) in [7, 11) is 0. The van der Waals surface area contributed by atoms with E-state index in [1.165, 1.54) is 40.3 Å². The van der Waals surface area contributed by atoms with Gasteiger partial charge in [0.15, 0.2) is 5.16 Å². The van der Waals surface area contributed by atoms with E-state index in [1.807, 2.05) is 6.20 Å². The predicted octanol–water partition coefficient (Wildman–Crippen LogP) is 5.05. The zero-order valence-corrected chi connectivity index (χ0v) is 14.9. The SMILES string of the molecule is CC(Sc1nc(N)cc(Cl)n1)c1cc2c(C3CC3)csc2cn1. The van der Waals surface area contributed by atoms with Gasteiger partial charge >= 0.3 is 0 Å². The van der Waals surface area contributed by atoms with Crippen LogP contribution in [0, 0.1) is 0 Å². The smallest absolute Gasteiger partial charge is 0.191 e. The molecular weight excluding hydrogens is 348 g/mol. The molecule has 3 heterocycles. The summed E-state index contributed by atoms with van der Waals surface area (Å²) >= 11 is 9.25. The number of hydrogen-bond acceptors (Lipinski definition) is 6. The zero-order chi connectivity index (χ0) is 16.0. The maximum atomic E-state index is 5.95. The van der Waals surface area contributed by atoms with E-state index < -0.39 is 0 Å². The first-order valence-corrected chi connectivity index (χ1v) is 9.57. The molecule has 4 nitrogen and oxygen atoms in total. The molecule has 0 bridgehead atoms. The Labute approximate surface area is 147 Å². The minimum Gasteiger partial charge on any atom is -0.384 e. The van der Waals surface area contributed by atoms with Gasteiger partial charge in [-0.2, -0.15) is 0 Å². The van der Waals surface area contributed by atoms with Gasteiger partial charge in [0.1, 0.15) is 11.0 Å². The second kappa shape index (κ2) is 5.92. The summed E-state index contributed by atoms with van der Waals surface area (Å²) in [4.78, 5) is 13.1. The Morgan fingerprint density at radius 1 is 1.35 bits per heavy atom. The summed E-state index contributed by atoms with van der Waals surface area (Å²) in [5.74, 6) is 1.13. The quantitative estimate of drug-likeness (QED) is 0.399. The lowest BCUT2D eigenvalue weighted by Gasteiger charge is -2.10. The highest BCUT2D eigenvalue weighted by atomic mass is 35.5. The van der Waals surface area contributed by atoms with Crippen LogP contribution in [-0.2, 0) is 0 Å². The molecule has 2 N–H and O–H groups in total. The molecule has 1 aliphatic carbocycles. The standard InChI is InChI=1S/C16H15ClN4S2/c1-8(23-16-20-14(17)5-15(18)21-16)12-4-10-11(9-2-3-9)7-22-13(10)6-19-12/h4-9H,2-3H2,1H3,(H2,18,20,21). The molecule has 0 radical (unpaired) electrons. The molecule has 0 aliphatic heterocycles. The van der Waals surface area contributed by atoms with Gasteiger partial charge in [-0.25, -0.2) is 9.97 Å². The second-order valence-corrected chi connectivity index (χ2v) is 8.34. The van der Waals surface area contributed by atoms with Gasteiger partial charge < -0.3 is 5.73 Å². The molecule has 3 aromatic heterocycles. The monoisotopic (exact) mass is 362 g/mol. The molecule has 0 amide bonds. The van der Waals surface area contributed by atoms with Crippen molar-refractivity contribution in [2.45, 2.75) is 36.1 Å². The van der Waals surface area contributed by atoms with Crippen LogP contribution in [0.1, 0.15) is 42.2 Å². The number of pyridine rings is 1. The second-order valence-electron chi connectivity index (χ2n) is 5.73. The molecule has 3 aromatic rings. The maximum Gasteiger partial charge on any atom is 0.191 e. The average Bonchev–Trinajstić information content (AvgIpc) is 3.25. The Balaban J connectivity index is 1.63. The fourth-order valence-electron chi connectivity index (χ4n) is 2.59. The molecule has 0 spiro atoms. The third kappa shape index (κ3) is 3.16. The number of nitrogens with zero attached hydrogens (tertiary/aromatic N) is 3. The predicted molar refractivity (Wildman–Crippen MR) is 97.3 cm³/mol. The molecule has 1 fully saturated rings. The molecule has 1 atom stereocenters. The molecule has 1 saturated carbocycles. The van der Waals surface area contributed by atoms with E-state index >= 15 is 0 Å². The molecule has 7 heteroatoms. The molecule has 1 aliphatic rings. The third-order valence-electron chi connectivity index (χ3n) is 3.92. The molecule has 0 aromatic carbocycles. The molecule has 1 unspecified atom stereocenters. The fourth-order valence-corrected chi connectivity index (χ4v) is 4.69. The van der Waals surface area contributed by atoms with Crippen LogP contribution in [0.3, 0.4) is 0 Å². The lowest BCUT2D eigenvalue weighted by atomic mass is 10.1. The summed E-state index contributed by atoms with van der Waals surface area (Å²) in [6.07, 6.45) is 4.60. The van der Waals surface area contributed by atoms with Crippen LogP contribution >= 0.6 is 34.7 Å². The summed E-state index contributed by atoms with van der Waals surface area (Å²) < 4.78 is 1.26. The normalized spacial score (nSPS) is 15.9. The number of rotatable bonds is 4. The topological polar surface area (TPSA) is 64.7 Å². The molecule has 0 saturated heterocycles. The van der Waals surface area contributed by atoms with Crippen molar-refractivity contribution in [1.82, 2.24) is 15.0 Å². The number of thioether (sulfide) groups is 1. The third-order valence-corrected chi connectivity index (χ3v) is 6.06. The average molecular weight is 363 g/mol. The Morgan fingerprint density at radius 2 is 2.17 bits per heavy atom. The van der Waals surface area contributed by atoms with Crippen LogP contribution in [0.4, 0.5) is 5.82 Å². The van der Waals surface area contributed by atoms with Crippen LogP contribution in [0.2, 0.25) is 5.15 Å². The van der Waals surface area contributed by atoms with Crippen molar-refractivity contribution >= 4 is 50.6 Å². The van der Waals surface area contributed by atoms with Crippen molar-refractivity contribution in [2.75, 3.05) is 5.73 Å². The maximum absolute atomic E-state index is 5.95. The van der Waals surface area contributed by atoms with Gasteiger partial charge in [0.2, 0.25) is 0 Å². The molecule has 23 heavy (non-hydrogen) atoms. The van der Waals surface area contributed by atoms with E-state index in [4.69, 9.17) is 17.3 Å². The van der Waals surface area contributed by atoms with E-state index in [2.05, 4.69) is 33.3 Å². The van der Waals surface area contributed by atoms with Crippen LogP contribution in [0.5, 0.6) is 0 Å². The minimum absolute atomic E-state index is 0.129. The molecule has 118 valence electrons. The fraction of sp³-hybridized carbons (Fsp3) is 0.312. The van der Waals surface area contributed by atoms with Crippen molar-refractivity contribution in [3.8, 4) is 0 Å². The van der Waals surface area contributed by atoms with Gasteiger partial charge in [0.25, 0.3) is 0 Å². The summed E-state index contributed by atoms with van der Waals surface area (Å²) in [5, 5.41) is 4.71. The van der Waals surface area contributed by atoms with E-state index in [0.717, 1.165) is 11.6 Å². The highest BCUT2D eigenvalue weighted by Crippen LogP contribution is 2.46. The van der Waals surface area contributed by atoms with Crippen LogP contribution in [-0.4, -0.2) is 15.0 Å². The summed E-state index contributed by atoms with van der Waals surface area (Å²) in [5.41, 5.74) is 8.24. The first kappa shape index (κ1) is 15.2. The lowest BCUT2D eigenvalue weighted by Crippen LogP contribution is -1.98. The van der Waals surface area contributed by atoms with Gasteiger partial charge in [-0.05, 0) is 48.1 Å². The Bertz CT molecular complexity index is 855. The number of thiophene rings is 1. The van der Waals surface area contributed by atoms with Crippen molar-refractivity contribution in [1.29, 1.82) is 0 Å². The summed E-state index contributed by atoms with van der Waals surface area (Å²) in [6.45, 7) is 2.10. The van der Waals surface area contributed by atoms with Gasteiger partial charge in [-0.1, -0.05) is 23.4 Å². The van der Waals surface area contributed by atoms with Crippen molar-refractivity contribution in [2.24, 2.45) is 0 Å². The minimum atomic E-state index is 0.129. The molecule has 4 rings (SSSR count). The van der Waals surface area contributed by atoms with E-state index in [-0.39, 0.29) is 5.25 Å². The van der Waals surface area contributed by atoms with Crippen molar-refractivity contribution < 1.29 is 0 Å². The number of hydrogen-bond donors (Lipinski definition) is 1. The lowest BCUT2D eigenvalue weighted by molar-refractivity contribution is 0.947. The number of nitrogens with two attached hydrogens (primary N) is 1. The highest BCUT2D eigenvalue weighted by molar-refractivity contribution is 7.99. The van der Waals surface area contributed by atoms with E-state index in [9.17, 15) is 0 Å². The highest BCUT2D eigenvalue weighted by Gasteiger charge is 2.26. The Kier molecular flexibility index (Phi) is 3.91. The van der Waals surface area contributed by atoms with Gasteiger partial charge in [0, 0.05) is 12.3 Å². The van der Waals surface area contributed by atoms with E-state index in [1.54, 1.807) is 17.4 Å². The number of nitrogen functional groups attached to an aromatic ring is 1. The number of fused-ring (bicyclic) bond motifs is 1. The van der Waals surface area contributed by atoms with Gasteiger partial charge in [-0.15, -0.1) is 11.3 Å². The zero-order valence-electron chi connectivity index (χ0n) is 12.5. The van der Waals surface area contributed by atoms with Crippen LogP contribution < -0.4 is 5.73 Å². The number of halogens is 1. The van der Waals surface area contributed by atoms with Gasteiger partial charge in [0.05, 0.1) is 15.6 Å². The number of anilines is 1. The molecular formula is C16H15ClN4S2. The van der Waals surface area contributed by atoms with Crippen molar-refractivity contribution in [3.63, 3.8) is 0 Å². The van der Waals surface area contributed by atoms with Crippen LogP contribution in [0.25, 0.3) is 10.1 Å². The van der Waals surface area contributed by atoms with Gasteiger partial charge in [-0.3, -0.25) is 4.98 Å².